The number of ether oxygens (including phenoxy) is 1. The van der Waals surface area contributed by atoms with Gasteiger partial charge >= 0.3 is 0 Å². The Morgan fingerprint density at radius 3 is 2.78 bits per heavy atom. The molecule has 2 atom stereocenters. The Kier molecular flexibility index (Phi) is 3.67. The molecule has 0 aliphatic heterocycles. The molecular weight excluding hydrogens is 222 g/mol. The van der Waals surface area contributed by atoms with Gasteiger partial charge in [-0.25, -0.2) is 0 Å². The lowest BCUT2D eigenvalue weighted by Gasteiger charge is -2.32. The fourth-order valence-corrected chi connectivity index (χ4v) is 3.12. The van der Waals surface area contributed by atoms with Crippen LogP contribution in [0.5, 0.6) is 0 Å². The van der Waals surface area contributed by atoms with E-state index >= 15 is 0 Å². The van der Waals surface area contributed by atoms with Crippen molar-refractivity contribution in [2.75, 3.05) is 6.61 Å². The van der Waals surface area contributed by atoms with E-state index in [0.717, 1.165) is 25.4 Å². The zero-order valence-electron chi connectivity index (χ0n) is 11.0. The number of aryl methyl sites for hydroxylation is 1. The van der Waals surface area contributed by atoms with Crippen molar-refractivity contribution in [3.05, 3.63) is 35.4 Å². The molecule has 1 aromatic rings. The second-order valence-corrected chi connectivity index (χ2v) is 5.76. The molecule has 2 heteroatoms. The smallest absolute Gasteiger partial charge is 0.0770 e. The van der Waals surface area contributed by atoms with Crippen molar-refractivity contribution in [3.8, 4) is 0 Å². The van der Waals surface area contributed by atoms with Gasteiger partial charge < -0.3 is 10.5 Å². The predicted octanol–water partition coefficient (Wildman–Crippen LogP) is 3.21. The van der Waals surface area contributed by atoms with Crippen LogP contribution in [0.15, 0.2) is 24.3 Å². The number of rotatable bonds is 4. The number of hydrogen-bond donors (Lipinski definition) is 1. The van der Waals surface area contributed by atoms with Gasteiger partial charge in [0.25, 0.3) is 0 Å². The molecule has 0 bridgehead atoms. The van der Waals surface area contributed by atoms with Gasteiger partial charge in [0.2, 0.25) is 0 Å². The van der Waals surface area contributed by atoms with Gasteiger partial charge in [0.15, 0.2) is 0 Å². The van der Waals surface area contributed by atoms with Crippen molar-refractivity contribution in [2.24, 2.45) is 11.7 Å². The fraction of sp³-hybridized carbons (Fsp3) is 0.625. The highest BCUT2D eigenvalue weighted by molar-refractivity contribution is 5.33. The summed E-state index contributed by atoms with van der Waals surface area (Å²) < 4.78 is 6.03. The molecule has 2 unspecified atom stereocenters. The maximum atomic E-state index is 6.33. The maximum absolute atomic E-state index is 6.33. The second kappa shape index (κ2) is 5.41. The average Bonchev–Trinajstić information content (AvgIpc) is 2.35. The Morgan fingerprint density at radius 2 is 2.00 bits per heavy atom. The first-order valence-electron chi connectivity index (χ1n) is 7.29. The monoisotopic (exact) mass is 245 g/mol. The van der Waals surface area contributed by atoms with Gasteiger partial charge in [0.1, 0.15) is 0 Å². The summed E-state index contributed by atoms with van der Waals surface area (Å²) >= 11 is 0. The second-order valence-electron chi connectivity index (χ2n) is 5.76. The maximum Gasteiger partial charge on any atom is 0.0770 e. The minimum absolute atomic E-state index is 0.0661. The quantitative estimate of drug-likeness (QED) is 0.884. The van der Waals surface area contributed by atoms with E-state index in [0.29, 0.717) is 0 Å². The molecule has 3 rings (SSSR count). The zero-order valence-corrected chi connectivity index (χ0v) is 11.0. The van der Waals surface area contributed by atoms with Crippen LogP contribution in [-0.2, 0) is 11.2 Å². The predicted molar refractivity (Wildman–Crippen MR) is 73.4 cm³/mol. The van der Waals surface area contributed by atoms with E-state index < -0.39 is 0 Å². The Morgan fingerprint density at radius 1 is 1.17 bits per heavy atom. The van der Waals surface area contributed by atoms with Crippen molar-refractivity contribution in [2.45, 2.75) is 50.7 Å². The fourth-order valence-electron chi connectivity index (χ4n) is 3.12. The number of fused-ring (bicyclic) bond motifs is 1. The molecule has 0 amide bonds. The summed E-state index contributed by atoms with van der Waals surface area (Å²) in [5.41, 5.74) is 9.02. The van der Waals surface area contributed by atoms with Gasteiger partial charge in [-0.05, 0) is 36.3 Å². The molecule has 2 nitrogen and oxygen atoms in total. The van der Waals surface area contributed by atoms with Crippen LogP contribution in [0.25, 0.3) is 0 Å². The average molecular weight is 245 g/mol. The lowest BCUT2D eigenvalue weighted by Crippen LogP contribution is -2.34. The zero-order chi connectivity index (χ0) is 12.4. The highest BCUT2D eigenvalue weighted by Gasteiger charge is 2.27. The highest BCUT2D eigenvalue weighted by Crippen LogP contribution is 2.32. The van der Waals surface area contributed by atoms with Crippen molar-refractivity contribution in [3.63, 3.8) is 0 Å². The molecule has 1 saturated carbocycles. The summed E-state index contributed by atoms with van der Waals surface area (Å²) in [6, 6.07) is 8.59. The molecule has 0 aromatic heterocycles. The molecular formula is C16H23NO. The highest BCUT2D eigenvalue weighted by atomic mass is 16.5. The van der Waals surface area contributed by atoms with Crippen molar-refractivity contribution >= 4 is 0 Å². The van der Waals surface area contributed by atoms with E-state index in [-0.39, 0.29) is 12.1 Å². The van der Waals surface area contributed by atoms with Gasteiger partial charge in [0, 0.05) is 6.61 Å². The van der Waals surface area contributed by atoms with Crippen LogP contribution < -0.4 is 5.73 Å². The van der Waals surface area contributed by atoms with Gasteiger partial charge in [0.05, 0.1) is 12.1 Å². The summed E-state index contributed by atoms with van der Waals surface area (Å²) in [6.07, 6.45) is 7.86. The first-order chi connectivity index (χ1) is 8.84. The summed E-state index contributed by atoms with van der Waals surface area (Å²) in [6.45, 7) is 0.894. The van der Waals surface area contributed by atoms with E-state index in [1.807, 2.05) is 0 Å². The van der Waals surface area contributed by atoms with E-state index in [1.165, 1.54) is 36.8 Å². The Hall–Kier alpha value is -0.860. The van der Waals surface area contributed by atoms with Crippen molar-refractivity contribution < 1.29 is 4.74 Å². The van der Waals surface area contributed by atoms with Crippen LogP contribution in [-0.4, -0.2) is 12.7 Å². The molecule has 1 fully saturated rings. The first kappa shape index (κ1) is 12.2. The van der Waals surface area contributed by atoms with Gasteiger partial charge in [-0.3, -0.25) is 0 Å². The number of hydrogen-bond acceptors (Lipinski definition) is 2. The summed E-state index contributed by atoms with van der Waals surface area (Å²) in [5, 5.41) is 0. The Bertz CT molecular complexity index is 400. The van der Waals surface area contributed by atoms with Crippen molar-refractivity contribution in [1.29, 1.82) is 0 Å². The summed E-state index contributed by atoms with van der Waals surface area (Å²) in [5.74, 6) is 0.928. The van der Waals surface area contributed by atoms with Crippen LogP contribution >= 0.6 is 0 Å². The topological polar surface area (TPSA) is 35.2 Å². The first-order valence-corrected chi connectivity index (χ1v) is 7.29. The summed E-state index contributed by atoms with van der Waals surface area (Å²) in [7, 11) is 0. The lowest BCUT2D eigenvalue weighted by molar-refractivity contribution is 0.0131. The number of nitrogens with two attached hydrogens (primary N) is 1. The summed E-state index contributed by atoms with van der Waals surface area (Å²) in [4.78, 5) is 0. The SMILES string of the molecule is NC1c2ccccc2CCC1OCCC1CCC1. The molecule has 2 aliphatic carbocycles. The molecule has 0 spiro atoms. The Balaban J connectivity index is 1.54. The molecule has 18 heavy (non-hydrogen) atoms. The Labute approximate surface area is 110 Å². The molecule has 0 heterocycles. The third kappa shape index (κ3) is 2.45. The van der Waals surface area contributed by atoms with Gasteiger partial charge in [-0.15, -0.1) is 0 Å². The minimum Gasteiger partial charge on any atom is -0.376 e. The van der Waals surface area contributed by atoms with Crippen LogP contribution in [0.1, 0.15) is 49.3 Å². The van der Waals surface area contributed by atoms with E-state index in [4.69, 9.17) is 10.5 Å². The van der Waals surface area contributed by atoms with Crippen LogP contribution in [0.4, 0.5) is 0 Å². The van der Waals surface area contributed by atoms with Crippen LogP contribution in [0.3, 0.4) is 0 Å². The third-order valence-corrected chi connectivity index (χ3v) is 4.60. The standard InChI is InChI=1S/C16H23NO/c17-16-14-7-2-1-6-13(14)8-9-15(16)18-11-10-12-4-3-5-12/h1-2,6-7,12,15-16H,3-5,8-11,17H2. The minimum atomic E-state index is 0.0661. The van der Waals surface area contributed by atoms with Crippen LogP contribution in [0.2, 0.25) is 0 Å². The molecule has 2 N–H and O–H groups in total. The largest absolute Gasteiger partial charge is 0.376 e. The normalized spacial score (nSPS) is 27.6. The van der Waals surface area contributed by atoms with E-state index in [2.05, 4.69) is 24.3 Å². The molecule has 98 valence electrons. The molecule has 1 aromatic carbocycles. The molecule has 0 saturated heterocycles. The van der Waals surface area contributed by atoms with E-state index in [1.54, 1.807) is 0 Å². The third-order valence-electron chi connectivity index (χ3n) is 4.60. The lowest BCUT2D eigenvalue weighted by atomic mass is 9.83. The van der Waals surface area contributed by atoms with Gasteiger partial charge in [-0.2, -0.15) is 0 Å². The van der Waals surface area contributed by atoms with Crippen molar-refractivity contribution in [1.82, 2.24) is 0 Å². The number of benzene rings is 1. The molecule has 2 aliphatic rings. The molecule has 0 radical (unpaired) electrons. The van der Waals surface area contributed by atoms with E-state index in [9.17, 15) is 0 Å². The van der Waals surface area contributed by atoms with Crippen LogP contribution in [0, 0.1) is 5.92 Å². The van der Waals surface area contributed by atoms with Gasteiger partial charge in [-0.1, -0.05) is 43.5 Å².